The molecule has 0 spiro atoms. The second-order valence-corrected chi connectivity index (χ2v) is 7.78. The fourth-order valence-corrected chi connectivity index (χ4v) is 4.08. The molecular formula is C21H27N3O3S. The summed E-state index contributed by atoms with van der Waals surface area (Å²) in [6.45, 7) is 2.94. The van der Waals surface area contributed by atoms with Crippen LogP contribution in [0.3, 0.4) is 0 Å². The van der Waals surface area contributed by atoms with Gasteiger partial charge in [-0.15, -0.1) is 11.3 Å². The van der Waals surface area contributed by atoms with Gasteiger partial charge >= 0.3 is 0 Å². The highest BCUT2D eigenvalue weighted by molar-refractivity contribution is 7.14. The molecule has 1 aliphatic carbocycles. The summed E-state index contributed by atoms with van der Waals surface area (Å²) in [5.41, 5.74) is 1.79. The maximum Gasteiger partial charge on any atom is 0.227 e. The maximum absolute atomic E-state index is 12.1. The Balaban J connectivity index is 1.44. The monoisotopic (exact) mass is 401 g/mol. The Hall–Kier alpha value is -2.41. The molecule has 150 valence electrons. The van der Waals surface area contributed by atoms with Crippen LogP contribution >= 0.6 is 11.3 Å². The van der Waals surface area contributed by atoms with Crippen LogP contribution in [0.4, 0.5) is 5.13 Å². The van der Waals surface area contributed by atoms with Gasteiger partial charge in [-0.05, 0) is 44.0 Å². The summed E-state index contributed by atoms with van der Waals surface area (Å²) < 4.78 is 5.44. The number of rotatable bonds is 8. The topological polar surface area (TPSA) is 80.3 Å². The number of hydrogen-bond acceptors (Lipinski definition) is 5. The van der Waals surface area contributed by atoms with Crippen LogP contribution < -0.4 is 15.4 Å². The molecule has 0 unspecified atom stereocenters. The number of thiazole rings is 1. The van der Waals surface area contributed by atoms with Gasteiger partial charge in [0.1, 0.15) is 5.75 Å². The van der Waals surface area contributed by atoms with Crippen LogP contribution in [0.1, 0.15) is 45.4 Å². The number of benzene rings is 1. The minimum atomic E-state index is -0.142. The molecule has 0 atom stereocenters. The van der Waals surface area contributed by atoms with Crippen molar-refractivity contribution in [3.05, 3.63) is 29.6 Å². The van der Waals surface area contributed by atoms with Crippen LogP contribution in [0, 0.1) is 5.92 Å². The third-order valence-electron chi connectivity index (χ3n) is 4.84. The molecule has 0 bridgehead atoms. The third-order valence-corrected chi connectivity index (χ3v) is 5.60. The summed E-state index contributed by atoms with van der Waals surface area (Å²) in [6.07, 6.45) is 5.64. The van der Waals surface area contributed by atoms with E-state index >= 15 is 0 Å². The molecule has 2 aromatic rings. The fraction of sp³-hybridized carbons (Fsp3) is 0.476. The average Bonchev–Trinajstić information content (AvgIpc) is 3.18. The Morgan fingerprint density at radius 3 is 2.64 bits per heavy atom. The Bertz CT molecular complexity index is 782. The molecule has 0 radical (unpaired) electrons. The number of amides is 2. The van der Waals surface area contributed by atoms with E-state index in [4.69, 9.17) is 4.74 Å². The molecule has 1 heterocycles. The lowest BCUT2D eigenvalue weighted by Crippen LogP contribution is -2.34. The number of nitrogens with zero attached hydrogens (tertiary/aromatic N) is 1. The van der Waals surface area contributed by atoms with Gasteiger partial charge in [-0.3, -0.25) is 9.59 Å². The number of nitrogens with one attached hydrogen (secondary N) is 2. The van der Waals surface area contributed by atoms with Crippen LogP contribution in [0.5, 0.6) is 5.75 Å². The molecule has 28 heavy (non-hydrogen) atoms. The Kier molecular flexibility index (Phi) is 7.42. The van der Waals surface area contributed by atoms with E-state index in [1.54, 1.807) is 0 Å². The van der Waals surface area contributed by atoms with Crippen LogP contribution in [0.15, 0.2) is 29.6 Å². The van der Waals surface area contributed by atoms with E-state index in [-0.39, 0.29) is 24.2 Å². The number of carbonyl (C=O) groups excluding carboxylic acids is 2. The van der Waals surface area contributed by atoms with Crippen molar-refractivity contribution in [2.45, 2.75) is 45.4 Å². The van der Waals surface area contributed by atoms with Gasteiger partial charge in [-0.1, -0.05) is 19.3 Å². The smallest absolute Gasteiger partial charge is 0.227 e. The molecular weight excluding hydrogens is 374 g/mol. The largest absolute Gasteiger partial charge is 0.494 e. The molecule has 7 heteroatoms. The quantitative estimate of drug-likeness (QED) is 0.693. The van der Waals surface area contributed by atoms with Crippen molar-refractivity contribution in [2.75, 3.05) is 18.5 Å². The predicted octanol–water partition coefficient (Wildman–Crippen LogP) is 4.23. The first-order chi connectivity index (χ1) is 13.7. The predicted molar refractivity (Wildman–Crippen MR) is 112 cm³/mol. The van der Waals surface area contributed by atoms with Gasteiger partial charge in [-0.25, -0.2) is 4.98 Å². The van der Waals surface area contributed by atoms with E-state index in [0.717, 1.165) is 42.7 Å². The second kappa shape index (κ2) is 10.2. The summed E-state index contributed by atoms with van der Waals surface area (Å²) in [5, 5.41) is 8.17. The highest BCUT2D eigenvalue weighted by Gasteiger charge is 2.20. The fourth-order valence-electron chi connectivity index (χ4n) is 3.34. The molecule has 1 aliphatic rings. The molecule has 6 nitrogen and oxygen atoms in total. The highest BCUT2D eigenvalue weighted by Crippen LogP contribution is 2.27. The van der Waals surface area contributed by atoms with E-state index in [2.05, 4.69) is 15.6 Å². The Morgan fingerprint density at radius 1 is 1.18 bits per heavy atom. The van der Waals surface area contributed by atoms with Gasteiger partial charge in [0.2, 0.25) is 11.8 Å². The number of hydrogen-bond donors (Lipinski definition) is 2. The van der Waals surface area contributed by atoms with Gasteiger partial charge in [0, 0.05) is 29.8 Å². The lowest BCUT2D eigenvalue weighted by atomic mass is 9.89. The van der Waals surface area contributed by atoms with Crippen molar-refractivity contribution in [2.24, 2.45) is 5.92 Å². The minimum Gasteiger partial charge on any atom is -0.494 e. The van der Waals surface area contributed by atoms with E-state index in [0.29, 0.717) is 18.3 Å². The number of ether oxygens (including phenoxy) is 1. The van der Waals surface area contributed by atoms with Crippen molar-refractivity contribution in [1.29, 1.82) is 0 Å². The number of carbonyl (C=O) groups is 2. The molecule has 0 aliphatic heterocycles. The molecule has 0 saturated heterocycles. The molecule has 1 aromatic carbocycles. The van der Waals surface area contributed by atoms with Crippen LogP contribution in [0.2, 0.25) is 0 Å². The molecule has 1 fully saturated rings. The summed E-state index contributed by atoms with van der Waals surface area (Å²) >= 11 is 1.39. The van der Waals surface area contributed by atoms with Crippen molar-refractivity contribution in [3.8, 4) is 17.0 Å². The van der Waals surface area contributed by atoms with Gasteiger partial charge < -0.3 is 15.4 Å². The van der Waals surface area contributed by atoms with Gasteiger partial charge in [-0.2, -0.15) is 0 Å². The first-order valence-electron chi connectivity index (χ1n) is 9.92. The molecule has 3 rings (SSSR count). The standard InChI is InChI=1S/C21H27N3O3S/c1-2-27-17-10-8-15(9-11-17)18-14-28-21(23-18)24-19(25)12-13-22-20(26)16-6-4-3-5-7-16/h8-11,14,16H,2-7,12-13H2,1H3,(H,22,26)(H,23,24,25). The average molecular weight is 402 g/mol. The van der Waals surface area contributed by atoms with Crippen LogP contribution in [-0.4, -0.2) is 29.9 Å². The SMILES string of the molecule is CCOc1ccc(-c2csc(NC(=O)CCNC(=O)C3CCCCC3)n2)cc1. The lowest BCUT2D eigenvalue weighted by molar-refractivity contribution is -0.126. The summed E-state index contributed by atoms with van der Waals surface area (Å²) in [6, 6.07) is 7.72. The van der Waals surface area contributed by atoms with E-state index in [1.807, 2.05) is 36.6 Å². The van der Waals surface area contributed by atoms with E-state index in [9.17, 15) is 9.59 Å². The first-order valence-corrected chi connectivity index (χ1v) is 10.8. The van der Waals surface area contributed by atoms with Gasteiger partial charge in [0.15, 0.2) is 5.13 Å². The highest BCUT2D eigenvalue weighted by atomic mass is 32.1. The zero-order chi connectivity index (χ0) is 19.8. The minimum absolute atomic E-state index is 0.0829. The molecule has 1 saturated carbocycles. The first kappa shape index (κ1) is 20.3. The van der Waals surface area contributed by atoms with Crippen LogP contribution in [-0.2, 0) is 9.59 Å². The summed E-state index contributed by atoms with van der Waals surface area (Å²) in [4.78, 5) is 28.7. The molecule has 1 aromatic heterocycles. The van der Waals surface area contributed by atoms with Gasteiger partial charge in [0.25, 0.3) is 0 Å². The third kappa shape index (κ3) is 5.79. The van der Waals surface area contributed by atoms with Crippen molar-refractivity contribution in [1.82, 2.24) is 10.3 Å². The maximum atomic E-state index is 12.1. The second-order valence-electron chi connectivity index (χ2n) is 6.92. The lowest BCUT2D eigenvalue weighted by Gasteiger charge is -2.20. The van der Waals surface area contributed by atoms with Gasteiger partial charge in [0.05, 0.1) is 12.3 Å². The summed E-state index contributed by atoms with van der Waals surface area (Å²) in [7, 11) is 0. The molecule has 2 N–H and O–H groups in total. The normalized spacial score (nSPS) is 14.5. The Labute approximate surface area is 169 Å². The van der Waals surface area contributed by atoms with Crippen LogP contribution in [0.25, 0.3) is 11.3 Å². The number of anilines is 1. The van der Waals surface area contributed by atoms with E-state index < -0.39 is 0 Å². The zero-order valence-corrected chi connectivity index (χ0v) is 17.0. The number of aromatic nitrogens is 1. The van der Waals surface area contributed by atoms with Crippen molar-refractivity contribution >= 4 is 28.3 Å². The van der Waals surface area contributed by atoms with Crippen molar-refractivity contribution in [3.63, 3.8) is 0 Å². The van der Waals surface area contributed by atoms with Crippen molar-refractivity contribution < 1.29 is 14.3 Å². The Morgan fingerprint density at radius 2 is 1.93 bits per heavy atom. The zero-order valence-electron chi connectivity index (χ0n) is 16.2. The van der Waals surface area contributed by atoms with E-state index in [1.165, 1.54) is 17.8 Å². The summed E-state index contributed by atoms with van der Waals surface area (Å²) in [5.74, 6) is 0.883. The molecule has 2 amide bonds.